The van der Waals surface area contributed by atoms with E-state index in [1.54, 1.807) is 43.5 Å². The third kappa shape index (κ3) is 4.38. The Morgan fingerprint density at radius 2 is 1.80 bits per heavy atom. The largest absolute Gasteiger partial charge is 0.386 e. The molecule has 1 aliphatic heterocycles. The summed E-state index contributed by atoms with van der Waals surface area (Å²) in [5.74, 6) is -1.36. The van der Waals surface area contributed by atoms with Crippen molar-refractivity contribution in [2.45, 2.75) is 44.4 Å². The summed E-state index contributed by atoms with van der Waals surface area (Å²) in [6, 6.07) is 14.8. The van der Waals surface area contributed by atoms with Crippen LogP contribution in [0.3, 0.4) is 0 Å². The van der Waals surface area contributed by atoms with Crippen LogP contribution in [-0.2, 0) is 26.5 Å². The van der Waals surface area contributed by atoms with Crippen LogP contribution in [0, 0.1) is 19.7 Å². The van der Waals surface area contributed by atoms with Crippen LogP contribution in [0.15, 0.2) is 65.8 Å². The van der Waals surface area contributed by atoms with Gasteiger partial charge in [-0.15, -0.1) is 0 Å². The Morgan fingerprint density at radius 1 is 1.06 bits per heavy atom. The third-order valence-corrected chi connectivity index (χ3v) is 9.32. The van der Waals surface area contributed by atoms with E-state index in [0.29, 0.717) is 16.8 Å². The molecule has 35 heavy (non-hydrogen) atoms. The van der Waals surface area contributed by atoms with Crippen LogP contribution < -0.4 is 5.73 Å². The van der Waals surface area contributed by atoms with Crippen molar-refractivity contribution in [3.63, 3.8) is 0 Å². The molecular weight excluding hydrogens is 465 g/mol. The Morgan fingerprint density at radius 3 is 2.43 bits per heavy atom. The first-order valence-electron chi connectivity index (χ1n) is 11.3. The van der Waals surface area contributed by atoms with Gasteiger partial charge in [0.05, 0.1) is 5.75 Å². The average molecular weight is 494 g/mol. The van der Waals surface area contributed by atoms with Gasteiger partial charge in [0.25, 0.3) is 0 Å². The van der Waals surface area contributed by atoms with Crippen LogP contribution in [0.25, 0.3) is 0 Å². The molecule has 3 aromatic rings. The smallest absolute Gasteiger partial charge is 0.185 e. The van der Waals surface area contributed by atoms with Gasteiger partial charge in [-0.2, -0.15) is 0 Å². The molecule has 2 heterocycles. The predicted molar refractivity (Wildman–Crippen MR) is 135 cm³/mol. The first-order chi connectivity index (χ1) is 16.4. The molecule has 2 atom stereocenters. The van der Waals surface area contributed by atoms with Crippen molar-refractivity contribution in [3.05, 3.63) is 100 Å². The summed E-state index contributed by atoms with van der Waals surface area (Å²) in [7, 11) is -3.90. The second-order valence-corrected chi connectivity index (χ2v) is 11.9. The van der Waals surface area contributed by atoms with E-state index in [0.717, 1.165) is 11.1 Å². The summed E-state index contributed by atoms with van der Waals surface area (Å²) in [4.78, 5) is 21.4. The zero-order chi connectivity index (χ0) is 25.6. The lowest BCUT2D eigenvalue weighted by Crippen LogP contribution is -2.54. The topological polar surface area (TPSA) is 102 Å². The second-order valence-electron chi connectivity index (χ2n) is 9.57. The molecule has 6 nitrogen and oxygen atoms in total. The standard InChI is InChI=1S/C27H28FN3O3S/c1-17-6-5-7-20(12-17)27(4)25(29)31-26(3,16-35(27,33)34)21-13-19(9-10-22(21)28)14-24(32)23-11-8-18(2)15-30-23/h5-13,15H,14,16H2,1-4H3,(H2,29,31)/t26-,27-/m0/s1. The highest BCUT2D eigenvalue weighted by molar-refractivity contribution is 7.93. The zero-order valence-electron chi connectivity index (χ0n) is 20.2. The van der Waals surface area contributed by atoms with Crippen molar-refractivity contribution < 1.29 is 17.6 Å². The van der Waals surface area contributed by atoms with Gasteiger partial charge in [0, 0.05) is 18.2 Å². The number of aromatic nitrogens is 1. The summed E-state index contributed by atoms with van der Waals surface area (Å²) < 4.78 is 40.8. The molecule has 0 saturated carbocycles. The molecular formula is C27H28FN3O3S. The molecule has 0 fully saturated rings. The quantitative estimate of drug-likeness (QED) is 0.537. The van der Waals surface area contributed by atoms with E-state index in [9.17, 15) is 13.2 Å². The molecule has 2 aromatic carbocycles. The average Bonchev–Trinajstić information content (AvgIpc) is 2.78. The minimum absolute atomic E-state index is 0.00756. The van der Waals surface area contributed by atoms with Crippen molar-refractivity contribution >= 4 is 21.5 Å². The van der Waals surface area contributed by atoms with Crippen molar-refractivity contribution in [1.82, 2.24) is 4.98 Å². The van der Waals surface area contributed by atoms with E-state index >= 15 is 4.39 Å². The number of nitrogens with zero attached hydrogens (tertiary/aromatic N) is 2. The van der Waals surface area contributed by atoms with E-state index in [4.69, 9.17) is 5.73 Å². The molecule has 0 bridgehead atoms. The monoisotopic (exact) mass is 493 g/mol. The lowest BCUT2D eigenvalue weighted by atomic mass is 9.89. The Bertz CT molecular complexity index is 1450. The summed E-state index contributed by atoms with van der Waals surface area (Å²) >= 11 is 0. The highest BCUT2D eigenvalue weighted by Crippen LogP contribution is 2.43. The Hall–Kier alpha value is -3.39. The molecule has 1 aliphatic rings. The van der Waals surface area contributed by atoms with Gasteiger partial charge in [-0.3, -0.25) is 14.8 Å². The molecule has 4 rings (SSSR count). The highest BCUT2D eigenvalue weighted by Gasteiger charge is 2.53. The van der Waals surface area contributed by atoms with Crippen molar-refractivity contribution in [2.24, 2.45) is 10.7 Å². The fourth-order valence-corrected chi connectivity index (χ4v) is 6.59. The van der Waals surface area contributed by atoms with Crippen LogP contribution in [0.4, 0.5) is 4.39 Å². The Labute approximate surface area is 205 Å². The zero-order valence-corrected chi connectivity index (χ0v) is 21.0. The van der Waals surface area contributed by atoms with E-state index in [1.807, 2.05) is 19.9 Å². The van der Waals surface area contributed by atoms with Gasteiger partial charge in [0.15, 0.2) is 20.4 Å². The van der Waals surface area contributed by atoms with Crippen LogP contribution >= 0.6 is 0 Å². The summed E-state index contributed by atoms with van der Waals surface area (Å²) in [6.45, 7) is 6.84. The number of halogens is 1. The van der Waals surface area contributed by atoms with Crippen LogP contribution in [0.2, 0.25) is 0 Å². The molecule has 8 heteroatoms. The molecule has 0 saturated heterocycles. The molecule has 0 amide bonds. The maximum Gasteiger partial charge on any atom is 0.185 e. The van der Waals surface area contributed by atoms with Gasteiger partial charge in [0.2, 0.25) is 0 Å². The van der Waals surface area contributed by atoms with E-state index < -0.39 is 31.7 Å². The molecule has 0 radical (unpaired) electrons. The second kappa shape index (κ2) is 8.68. The number of hydrogen-bond donors (Lipinski definition) is 1. The van der Waals surface area contributed by atoms with Gasteiger partial charge < -0.3 is 5.73 Å². The van der Waals surface area contributed by atoms with Gasteiger partial charge >= 0.3 is 0 Å². The van der Waals surface area contributed by atoms with Gasteiger partial charge in [-0.05, 0) is 62.6 Å². The van der Waals surface area contributed by atoms with Crippen molar-refractivity contribution in [2.75, 3.05) is 5.75 Å². The number of ketones is 1. The number of amidine groups is 1. The molecule has 0 spiro atoms. The number of aryl methyl sites for hydroxylation is 2. The number of sulfone groups is 1. The maximum absolute atomic E-state index is 15.0. The number of nitrogens with two attached hydrogens (primary N) is 1. The number of Topliss-reactive ketones (excluding diaryl/α,β-unsaturated/α-hetero) is 1. The predicted octanol–water partition coefficient (Wildman–Crippen LogP) is 4.18. The van der Waals surface area contributed by atoms with E-state index in [1.165, 1.54) is 25.1 Å². The molecule has 182 valence electrons. The number of aliphatic imine (C=N–C) groups is 1. The summed E-state index contributed by atoms with van der Waals surface area (Å²) in [5, 5.41) is 0. The maximum atomic E-state index is 15.0. The third-order valence-electron chi connectivity index (χ3n) is 6.69. The number of carbonyl (C=O) groups is 1. The van der Waals surface area contributed by atoms with Crippen molar-refractivity contribution in [1.29, 1.82) is 0 Å². The Balaban J connectivity index is 1.74. The number of benzene rings is 2. The van der Waals surface area contributed by atoms with Crippen LogP contribution in [0.5, 0.6) is 0 Å². The van der Waals surface area contributed by atoms with Crippen LogP contribution in [-0.4, -0.2) is 30.8 Å². The first-order valence-corrected chi connectivity index (χ1v) is 12.9. The van der Waals surface area contributed by atoms with Gasteiger partial charge in [0.1, 0.15) is 22.9 Å². The SMILES string of the molecule is Cc1ccc(C(=O)Cc2ccc(F)c([C@]3(C)CS(=O)(=O)[C@@](C)(c4cccc(C)c4)C(N)=N3)c2)nc1. The number of rotatable bonds is 5. The lowest BCUT2D eigenvalue weighted by Gasteiger charge is -2.40. The summed E-state index contributed by atoms with van der Waals surface area (Å²) in [6.07, 6.45) is 1.60. The van der Waals surface area contributed by atoms with Gasteiger partial charge in [-0.1, -0.05) is 42.0 Å². The fraction of sp³-hybridized carbons (Fsp3) is 0.296. The highest BCUT2D eigenvalue weighted by atomic mass is 32.2. The minimum atomic E-state index is -3.90. The Kier molecular flexibility index (Phi) is 6.13. The molecule has 1 aromatic heterocycles. The molecule has 0 aliphatic carbocycles. The first kappa shape index (κ1) is 24.7. The molecule has 2 N–H and O–H groups in total. The van der Waals surface area contributed by atoms with Crippen molar-refractivity contribution in [3.8, 4) is 0 Å². The van der Waals surface area contributed by atoms with E-state index in [-0.39, 0.29) is 23.6 Å². The molecule has 0 unspecified atom stereocenters. The minimum Gasteiger partial charge on any atom is -0.386 e. The fourth-order valence-electron chi connectivity index (χ4n) is 4.49. The van der Waals surface area contributed by atoms with E-state index in [2.05, 4.69) is 9.98 Å². The van der Waals surface area contributed by atoms with Gasteiger partial charge in [-0.25, -0.2) is 12.8 Å². The normalized spacial score (nSPS) is 23.5. The number of pyridine rings is 1. The summed E-state index contributed by atoms with van der Waals surface area (Å²) in [5.41, 5.74) is 8.16. The van der Waals surface area contributed by atoms with Crippen LogP contribution in [0.1, 0.15) is 52.2 Å². The lowest BCUT2D eigenvalue weighted by molar-refractivity contribution is 0.0988. The number of hydrogen-bond acceptors (Lipinski definition) is 6. The number of carbonyl (C=O) groups excluding carboxylic acids is 1.